The number of benzene rings is 2. The van der Waals surface area contributed by atoms with Gasteiger partial charge >= 0.3 is 0 Å². The van der Waals surface area contributed by atoms with Crippen molar-refractivity contribution in [1.29, 1.82) is 0 Å². The zero-order valence-corrected chi connectivity index (χ0v) is 19.3. The molecule has 0 spiro atoms. The maximum Gasteiger partial charge on any atom is 0.138 e. The minimum absolute atomic E-state index is 0.00808. The Morgan fingerprint density at radius 2 is 1.80 bits per heavy atom. The molecule has 0 radical (unpaired) electrons. The van der Waals surface area contributed by atoms with Crippen LogP contribution in [0.3, 0.4) is 0 Å². The summed E-state index contributed by atoms with van der Waals surface area (Å²) < 4.78 is 0.830. The highest BCUT2D eigenvalue weighted by atomic mass is 79.9. The van der Waals surface area contributed by atoms with Gasteiger partial charge in [-0.3, -0.25) is 14.9 Å². The number of aromatic nitrogens is 1. The third kappa shape index (κ3) is 5.95. The van der Waals surface area contributed by atoms with Gasteiger partial charge < -0.3 is 10.2 Å². The van der Waals surface area contributed by atoms with Crippen molar-refractivity contribution in [3.05, 3.63) is 85.6 Å². The lowest BCUT2D eigenvalue weighted by molar-refractivity contribution is 0.307. The molecule has 8 heteroatoms. The van der Waals surface area contributed by atoms with E-state index in [2.05, 4.69) is 25.9 Å². The van der Waals surface area contributed by atoms with Crippen LogP contribution >= 0.6 is 39.1 Å². The minimum atomic E-state index is 0.00808. The van der Waals surface area contributed by atoms with Gasteiger partial charge in [0.2, 0.25) is 0 Å². The first-order valence-corrected chi connectivity index (χ1v) is 10.6. The number of nitrogens with zero attached hydrogens (tertiary/aromatic N) is 3. The summed E-state index contributed by atoms with van der Waals surface area (Å²) in [7, 11) is 1.88. The van der Waals surface area contributed by atoms with Gasteiger partial charge in [0, 0.05) is 51.7 Å². The summed E-state index contributed by atoms with van der Waals surface area (Å²) in [5, 5.41) is 21.6. The molecule has 3 aromatic rings. The molecule has 156 valence electrons. The predicted molar refractivity (Wildman–Crippen MR) is 125 cm³/mol. The van der Waals surface area contributed by atoms with E-state index in [-0.39, 0.29) is 16.5 Å². The van der Waals surface area contributed by atoms with E-state index < -0.39 is 0 Å². The molecule has 2 N–H and O–H groups in total. The maximum atomic E-state index is 10.7. The van der Waals surface area contributed by atoms with Crippen LogP contribution in [-0.2, 0) is 19.6 Å². The number of halogens is 3. The number of aromatic hydroxyl groups is 2. The molecule has 0 unspecified atom stereocenters. The van der Waals surface area contributed by atoms with Crippen LogP contribution in [0.5, 0.6) is 11.5 Å². The number of hydrogen-bond acceptors (Lipinski definition) is 5. The third-order valence-electron chi connectivity index (χ3n) is 4.38. The Bertz CT molecular complexity index is 1060. The molecule has 0 amide bonds. The van der Waals surface area contributed by atoms with Crippen LogP contribution in [0.25, 0.3) is 0 Å². The van der Waals surface area contributed by atoms with E-state index in [4.69, 9.17) is 23.2 Å². The summed E-state index contributed by atoms with van der Waals surface area (Å²) in [5.74, 6) is 0.164. The lowest BCUT2D eigenvalue weighted by atomic mass is 10.1. The first kappa shape index (κ1) is 22.6. The molecule has 0 atom stereocenters. The van der Waals surface area contributed by atoms with Gasteiger partial charge in [-0.25, -0.2) is 0 Å². The van der Waals surface area contributed by atoms with Crippen molar-refractivity contribution in [3.8, 4) is 11.5 Å². The van der Waals surface area contributed by atoms with E-state index in [0.29, 0.717) is 35.8 Å². The number of rotatable bonds is 7. The summed E-state index contributed by atoms with van der Waals surface area (Å²) in [5.41, 5.74) is 2.79. The van der Waals surface area contributed by atoms with E-state index in [1.807, 2.05) is 42.3 Å². The largest absolute Gasteiger partial charge is 0.507 e. The highest BCUT2D eigenvalue weighted by molar-refractivity contribution is 9.10. The van der Waals surface area contributed by atoms with Crippen LogP contribution in [0, 0.1) is 0 Å². The number of phenols is 2. The number of hydrogen-bond donors (Lipinski definition) is 2. The van der Waals surface area contributed by atoms with Gasteiger partial charge in [-0.15, -0.1) is 0 Å². The number of phenolic OH excluding ortho intramolecular Hbond substituents is 2. The van der Waals surface area contributed by atoms with Gasteiger partial charge in [0.15, 0.2) is 0 Å². The highest BCUT2D eigenvalue weighted by Gasteiger charge is 2.14. The Morgan fingerprint density at radius 1 is 1.07 bits per heavy atom. The zero-order valence-electron chi connectivity index (χ0n) is 16.2. The molecule has 0 aliphatic carbocycles. The van der Waals surface area contributed by atoms with E-state index in [9.17, 15) is 10.2 Å². The first-order chi connectivity index (χ1) is 14.3. The SMILES string of the molecule is CN(Cc1cc(Cl)cc(Cl)c1O)Cc1cc(Br)cc(C=NCc2ccccn2)c1O. The number of aliphatic imine (C=N–C) groups is 1. The summed E-state index contributed by atoms with van der Waals surface area (Å²) in [4.78, 5) is 10.6. The van der Waals surface area contributed by atoms with E-state index in [1.54, 1.807) is 18.5 Å². The molecule has 2 aromatic carbocycles. The molecule has 3 rings (SSSR count). The molecule has 0 aliphatic rings. The molecule has 5 nitrogen and oxygen atoms in total. The van der Waals surface area contributed by atoms with Gasteiger partial charge in [0.1, 0.15) is 11.5 Å². The monoisotopic (exact) mass is 507 g/mol. The lowest BCUT2D eigenvalue weighted by Crippen LogP contribution is -2.17. The molecule has 0 saturated heterocycles. The van der Waals surface area contributed by atoms with Crippen molar-refractivity contribution in [2.45, 2.75) is 19.6 Å². The Morgan fingerprint density at radius 3 is 2.50 bits per heavy atom. The van der Waals surface area contributed by atoms with Crippen molar-refractivity contribution >= 4 is 45.3 Å². The first-order valence-electron chi connectivity index (χ1n) is 9.10. The van der Waals surface area contributed by atoms with Crippen molar-refractivity contribution in [3.63, 3.8) is 0 Å². The maximum absolute atomic E-state index is 10.7. The quantitative estimate of drug-likeness (QED) is 0.395. The molecular weight excluding hydrogens is 489 g/mol. The van der Waals surface area contributed by atoms with Crippen molar-refractivity contribution in [2.24, 2.45) is 4.99 Å². The van der Waals surface area contributed by atoms with E-state index in [1.165, 1.54) is 6.07 Å². The molecule has 0 fully saturated rings. The average molecular weight is 509 g/mol. The third-order valence-corrected chi connectivity index (χ3v) is 5.34. The van der Waals surface area contributed by atoms with Crippen LogP contribution in [-0.4, -0.2) is 33.4 Å². The van der Waals surface area contributed by atoms with Crippen LogP contribution in [0.4, 0.5) is 0 Å². The zero-order chi connectivity index (χ0) is 21.7. The van der Waals surface area contributed by atoms with Crippen LogP contribution in [0.15, 0.2) is 58.1 Å². The highest BCUT2D eigenvalue weighted by Crippen LogP contribution is 2.33. The topological polar surface area (TPSA) is 69.0 Å². The second-order valence-corrected chi connectivity index (χ2v) is 8.62. The second kappa shape index (κ2) is 10.3. The van der Waals surface area contributed by atoms with Crippen LogP contribution < -0.4 is 0 Å². The van der Waals surface area contributed by atoms with Crippen LogP contribution in [0.2, 0.25) is 10.0 Å². The fourth-order valence-electron chi connectivity index (χ4n) is 3.00. The average Bonchev–Trinajstić information content (AvgIpc) is 2.70. The smallest absolute Gasteiger partial charge is 0.138 e. The second-order valence-electron chi connectivity index (χ2n) is 6.86. The Hall–Kier alpha value is -2.12. The molecule has 0 saturated carbocycles. The minimum Gasteiger partial charge on any atom is -0.507 e. The molecule has 1 heterocycles. The summed E-state index contributed by atoms with van der Waals surface area (Å²) >= 11 is 15.5. The summed E-state index contributed by atoms with van der Waals surface area (Å²) in [6, 6.07) is 12.5. The van der Waals surface area contributed by atoms with Crippen molar-refractivity contribution < 1.29 is 10.2 Å². The van der Waals surface area contributed by atoms with Gasteiger partial charge in [-0.05, 0) is 43.4 Å². The Kier molecular flexibility index (Phi) is 7.72. The fourth-order valence-corrected chi connectivity index (χ4v) is 4.06. The van der Waals surface area contributed by atoms with Crippen LogP contribution in [0.1, 0.15) is 22.4 Å². The molecule has 0 bridgehead atoms. The normalized spacial score (nSPS) is 11.5. The Balaban J connectivity index is 1.74. The van der Waals surface area contributed by atoms with Gasteiger partial charge in [-0.1, -0.05) is 45.2 Å². The lowest BCUT2D eigenvalue weighted by Gasteiger charge is -2.19. The number of pyridine rings is 1. The van der Waals surface area contributed by atoms with Gasteiger partial charge in [0.25, 0.3) is 0 Å². The Labute approximate surface area is 193 Å². The van der Waals surface area contributed by atoms with Crippen molar-refractivity contribution in [1.82, 2.24) is 9.88 Å². The standard InChI is InChI=1S/C22H20BrCl2N3O2/c1-28(13-16-8-18(24)9-20(25)22(16)30)12-15-7-17(23)6-14(21(15)29)10-26-11-19-4-2-3-5-27-19/h2-10,29-30H,11-13H2,1H3. The summed E-state index contributed by atoms with van der Waals surface area (Å²) in [6.45, 7) is 1.27. The summed E-state index contributed by atoms with van der Waals surface area (Å²) in [6.07, 6.45) is 3.36. The molecule has 1 aromatic heterocycles. The molecule has 0 aliphatic heterocycles. The van der Waals surface area contributed by atoms with Crippen molar-refractivity contribution in [2.75, 3.05) is 7.05 Å². The van der Waals surface area contributed by atoms with Gasteiger partial charge in [-0.2, -0.15) is 0 Å². The molecule has 30 heavy (non-hydrogen) atoms. The van der Waals surface area contributed by atoms with Gasteiger partial charge in [0.05, 0.1) is 17.3 Å². The predicted octanol–water partition coefficient (Wildman–Crippen LogP) is 5.81. The van der Waals surface area contributed by atoms with E-state index in [0.717, 1.165) is 15.7 Å². The fraction of sp³-hybridized carbons (Fsp3) is 0.182. The van der Waals surface area contributed by atoms with E-state index >= 15 is 0 Å². The molecular formula is C22H20BrCl2N3O2.